The molecule has 0 bridgehead atoms. The Hall–Kier alpha value is -2.42. The van der Waals surface area contributed by atoms with Crippen LogP contribution in [0.1, 0.15) is 78.9 Å². The molecule has 4 nitrogen and oxygen atoms in total. The van der Waals surface area contributed by atoms with Crippen molar-refractivity contribution >= 4 is 39.6 Å². The second kappa shape index (κ2) is 8.84. The van der Waals surface area contributed by atoms with Crippen molar-refractivity contribution in [1.82, 2.24) is 0 Å². The Morgan fingerprint density at radius 1 is 1.00 bits per heavy atom. The number of ketones is 1. The summed E-state index contributed by atoms with van der Waals surface area (Å²) >= 11 is 8.07. The minimum Gasteiger partial charge on any atom is -0.294 e. The molecule has 2 heterocycles. The fraction of sp³-hybridized carbons (Fsp3) is 0.423. The number of anilines is 1. The molecule has 2 aliphatic carbocycles. The SMILES string of the molecule is N#Cc1c(N2C(=O)C[C@@H](c3ccccc3Cl)C3=C2CCCC3=O)sc2c1CCCCCC2. The minimum absolute atomic E-state index is 0.0471. The number of allylic oxidation sites excluding steroid dienone is 2. The lowest BCUT2D eigenvalue weighted by Crippen LogP contribution is -2.40. The van der Waals surface area contributed by atoms with Crippen LogP contribution in [0.4, 0.5) is 5.00 Å². The quantitative estimate of drug-likeness (QED) is 0.512. The summed E-state index contributed by atoms with van der Waals surface area (Å²) in [5, 5.41) is 11.4. The zero-order valence-corrected chi connectivity index (χ0v) is 19.5. The molecule has 0 spiro atoms. The van der Waals surface area contributed by atoms with Gasteiger partial charge in [0.2, 0.25) is 5.91 Å². The second-order valence-electron chi connectivity index (χ2n) is 8.85. The van der Waals surface area contributed by atoms with Gasteiger partial charge >= 0.3 is 0 Å². The zero-order valence-electron chi connectivity index (χ0n) is 18.0. The van der Waals surface area contributed by atoms with E-state index < -0.39 is 0 Å². The van der Waals surface area contributed by atoms with Crippen LogP contribution in [-0.4, -0.2) is 11.7 Å². The standard InChI is InChI=1S/C26H25ClN2O2S/c27-20-10-6-5-8-16(20)18-14-24(31)29(21-11-7-12-22(30)25(18)21)26-19(15-28)17-9-3-1-2-4-13-23(17)32-26/h5-6,8,10,18H,1-4,7,9,11-14H2/t18-/m0/s1. The molecule has 6 heteroatoms. The summed E-state index contributed by atoms with van der Waals surface area (Å²) in [4.78, 5) is 29.7. The summed E-state index contributed by atoms with van der Waals surface area (Å²) in [6, 6.07) is 9.91. The van der Waals surface area contributed by atoms with Crippen LogP contribution in [0.25, 0.3) is 0 Å². The van der Waals surface area contributed by atoms with E-state index in [-0.39, 0.29) is 24.0 Å². The average molecular weight is 465 g/mol. The lowest BCUT2D eigenvalue weighted by molar-refractivity contribution is -0.119. The van der Waals surface area contributed by atoms with E-state index in [1.165, 1.54) is 17.7 Å². The monoisotopic (exact) mass is 464 g/mol. The number of hydrogen-bond donors (Lipinski definition) is 0. The van der Waals surface area contributed by atoms with Crippen molar-refractivity contribution in [1.29, 1.82) is 5.26 Å². The van der Waals surface area contributed by atoms with Gasteiger partial charge in [-0.3, -0.25) is 14.5 Å². The molecule has 0 N–H and O–H groups in total. The van der Waals surface area contributed by atoms with Gasteiger partial charge in [0.1, 0.15) is 11.1 Å². The Kier molecular flexibility index (Phi) is 5.92. The number of amides is 1. The van der Waals surface area contributed by atoms with Crippen LogP contribution in [0, 0.1) is 11.3 Å². The Morgan fingerprint density at radius 2 is 1.78 bits per heavy atom. The molecule has 1 aromatic carbocycles. The minimum atomic E-state index is -0.318. The number of hydrogen-bond acceptors (Lipinski definition) is 4. The maximum absolute atomic E-state index is 13.6. The normalized spacial score (nSPS) is 21.5. The van der Waals surface area contributed by atoms with E-state index >= 15 is 0 Å². The van der Waals surface area contributed by atoms with Crippen molar-refractivity contribution in [3.63, 3.8) is 0 Å². The van der Waals surface area contributed by atoms with Gasteiger partial charge in [0.15, 0.2) is 5.78 Å². The van der Waals surface area contributed by atoms with Crippen LogP contribution in [0.3, 0.4) is 0 Å². The molecule has 0 fully saturated rings. The number of nitriles is 1. The molecule has 1 amide bonds. The summed E-state index contributed by atoms with van der Waals surface area (Å²) in [6.07, 6.45) is 8.52. The third kappa shape index (κ3) is 3.60. The predicted octanol–water partition coefficient (Wildman–Crippen LogP) is 6.46. The molecule has 1 atom stereocenters. The maximum Gasteiger partial charge on any atom is 0.232 e. The summed E-state index contributed by atoms with van der Waals surface area (Å²) in [6.45, 7) is 0. The topological polar surface area (TPSA) is 61.2 Å². The lowest BCUT2D eigenvalue weighted by Gasteiger charge is -2.38. The van der Waals surface area contributed by atoms with Crippen molar-refractivity contribution in [3.8, 4) is 6.07 Å². The highest BCUT2D eigenvalue weighted by atomic mass is 35.5. The predicted molar refractivity (Wildman–Crippen MR) is 127 cm³/mol. The van der Waals surface area contributed by atoms with Crippen LogP contribution in [0.5, 0.6) is 0 Å². The number of halogens is 1. The Balaban J connectivity index is 1.67. The third-order valence-corrected chi connectivity index (χ3v) is 8.54. The average Bonchev–Trinajstić information content (AvgIpc) is 3.09. The first kappa shape index (κ1) is 21.4. The molecule has 0 saturated heterocycles. The summed E-state index contributed by atoms with van der Waals surface area (Å²) in [7, 11) is 0. The molecule has 1 aromatic heterocycles. The van der Waals surface area contributed by atoms with Crippen molar-refractivity contribution in [2.75, 3.05) is 4.90 Å². The van der Waals surface area contributed by atoms with Crippen LogP contribution < -0.4 is 4.90 Å². The van der Waals surface area contributed by atoms with Crippen LogP contribution in [0.15, 0.2) is 35.5 Å². The van der Waals surface area contributed by atoms with E-state index in [9.17, 15) is 14.9 Å². The largest absolute Gasteiger partial charge is 0.294 e. The number of carbonyl (C=O) groups excluding carboxylic acids is 2. The number of aryl methyl sites for hydroxylation is 1. The van der Waals surface area contributed by atoms with Gasteiger partial charge in [-0.25, -0.2) is 0 Å². The zero-order chi connectivity index (χ0) is 22.2. The molecule has 1 aliphatic heterocycles. The highest BCUT2D eigenvalue weighted by molar-refractivity contribution is 7.16. The van der Waals surface area contributed by atoms with Gasteiger partial charge in [0.25, 0.3) is 0 Å². The number of carbonyl (C=O) groups is 2. The lowest BCUT2D eigenvalue weighted by atomic mass is 9.77. The molecule has 0 radical (unpaired) electrons. The summed E-state index contributed by atoms with van der Waals surface area (Å²) in [5.74, 6) is -0.266. The van der Waals surface area contributed by atoms with E-state index in [4.69, 9.17) is 11.6 Å². The van der Waals surface area contributed by atoms with Gasteiger partial charge in [-0.15, -0.1) is 11.3 Å². The fourth-order valence-corrected chi connectivity index (χ4v) is 7.08. The summed E-state index contributed by atoms with van der Waals surface area (Å²) < 4.78 is 0. The summed E-state index contributed by atoms with van der Waals surface area (Å²) in [5.41, 5.74) is 4.10. The highest BCUT2D eigenvalue weighted by Gasteiger charge is 2.42. The van der Waals surface area contributed by atoms with Crippen LogP contribution in [0.2, 0.25) is 5.02 Å². The Labute approximate surface area is 197 Å². The molecule has 164 valence electrons. The number of fused-ring (bicyclic) bond motifs is 1. The van der Waals surface area contributed by atoms with Gasteiger partial charge in [0.05, 0.1) is 5.56 Å². The van der Waals surface area contributed by atoms with Crippen molar-refractivity contribution < 1.29 is 9.59 Å². The van der Waals surface area contributed by atoms with Crippen molar-refractivity contribution in [2.24, 2.45) is 0 Å². The first-order valence-corrected chi connectivity index (χ1v) is 12.7. The van der Waals surface area contributed by atoms with Crippen LogP contribution in [-0.2, 0) is 22.4 Å². The van der Waals surface area contributed by atoms with Gasteiger partial charge in [-0.1, -0.05) is 42.6 Å². The molecule has 2 aromatic rings. The number of thiophene rings is 1. The molecule has 3 aliphatic rings. The van der Waals surface area contributed by atoms with E-state index in [2.05, 4.69) is 6.07 Å². The smallest absolute Gasteiger partial charge is 0.232 e. The Morgan fingerprint density at radius 3 is 2.56 bits per heavy atom. The van der Waals surface area contributed by atoms with Gasteiger partial charge < -0.3 is 0 Å². The van der Waals surface area contributed by atoms with E-state index in [0.717, 1.165) is 53.9 Å². The number of Topliss-reactive ketones (excluding diaryl/α,β-unsaturated/α-hetero) is 1. The number of nitrogens with zero attached hydrogens (tertiary/aromatic N) is 2. The van der Waals surface area contributed by atoms with Gasteiger partial charge in [-0.05, 0) is 55.7 Å². The molecule has 0 saturated carbocycles. The number of rotatable bonds is 2. The van der Waals surface area contributed by atoms with E-state index in [1.807, 2.05) is 24.3 Å². The maximum atomic E-state index is 13.6. The first-order valence-electron chi connectivity index (χ1n) is 11.5. The van der Waals surface area contributed by atoms with E-state index in [0.29, 0.717) is 29.0 Å². The van der Waals surface area contributed by atoms with Crippen molar-refractivity contribution in [2.45, 2.75) is 70.1 Å². The van der Waals surface area contributed by atoms with E-state index in [1.54, 1.807) is 16.2 Å². The molecular weight excluding hydrogens is 440 g/mol. The fourth-order valence-electron chi connectivity index (χ4n) is 5.43. The molecule has 32 heavy (non-hydrogen) atoms. The first-order chi connectivity index (χ1) is 15.6. The van der Waals surface area contributed by atoms with Crippen LogP contribution >= 0.6 is 22.9 Å². The van der Waals surface area contributed by atoms with Crippen molar-refractivity contribution in [3.05, 3.63) is 62.1 Å². The second-order valence-corrected chi connectivity index (χ2v) is 10.3. The highest BCUT2D eigenvalue weighted by Crippen LogP contribution is 2.48. The molecule has 0 unspecified atom stereocenters. The van der Waals surface area contributed by atoms with Gasteiger partial charge in [0, 0.05) is 39.9 Å². The molecular formula is C26H25ClN2O2S. The Bertz CT molecular complexity index is 1170. The molecule has 5 rings (SSSR count). The third-order valence-electron chi connectivity index (χ3n) is 6.92. The number of benzene rings is 1. The van der Waals surface area contributed by atoms with Gasteiger partial charge in [-0.2, -0.15) is 5.26 Å².